The van der Waals surface area contributed by atoms with Crippen LogP contribution in [0.25, 0.3) is 0 Å². The van der Waals surface area contributed by atoms with Crippen LogP contribution >= 0.6 is 0 Å². The van der Waals surface area contributed by atoms with Crippen LogP contribution in [0.15, 0.2) is 36.5 Å². The van der Waals surface area contributed by atoms with Crippen molar-refractivity contribution in [1.82, 2.24) is 14.9 Å². The van der Waals surface area contributed by atoms with Crippen molar-refractivity contribution in [2.75, 3.05) is 24.1 Å². The summed E-state index contributed by atoms with van der Waals surface area (Å²) in [6.07, 6.45) is 5.50. The number of nitrogen functional groups attached to an aromatic ring is 1. The molecule has 0 saturated carbocycles. The Bertz CT molecular complexity index is 725. The molecule has 6 nitrogen and oxygen atoms in total. The van der Waals surface area contributed by atoms with E-state index < -0.39 is 0 Å². The molecule has 1 aliphatic heterocycles. The monoisotopic (exact) mass is 339 g/mol. The lowest BCUT2D eigenvalue weighted by molar-refractivity contribution is 0.194. The predicted octanol–water partition coefficient (Wildman–Crippen LogP) is 3.42. The van der Waals surface area contributed by atoms with Gasteiger partial charge in [-0.1, -0.05) is 31.5 Å². The zero-order chi connectivity index (χ0) is 17.6. The number of nitrogens with zero attached hydrogens (tertiary/aromatic N) is 3. The number of aromatic nitrogens is 2. The molecule has 1 aromatic heterocycles. The second kappa shape index (κ2) is 7.96. The molecule has 0 aliphatic carbocycles. The molecule has 1 fully saturated rings. The Morgan fingerprint density at radius 2 is 2.04 bits per heavy atom. The van der Waals surface area contributed by atoms with E-state index in [4.69, 9.17) is 5.73 Å². The SMILES string of the molecule is CCCc1ccccc1NC(=O)N1CCC(c2ccnc(N)n2)CC1. The fourth-order valence-electron chi connectivity index (χ4n) is 3.32. The van der Waals surface area contributed by atoms with Gasteiger partial charge in [-0.15, -0.1) is 0 Å². The highest BCUT2D eigenvalue weighted by Crippen LogP contribution is 2.27. The molecule has 0 unspecified atom stereocenters. The third kappa shape index (κ3) is 4.26. The molecule has 132 valence electrons. The normalized spacial score (nSPS) is 15.2. The van der Waals surface area contributed by atoms with E-state index in [1.165, 1.54) is 5.56 Å². The summed E-state index contributed by atoms with van der Waals surface area (Å²) < 4.78 is 0. The molecule has 6 heteroatoms. The number of carbonyl (C=O) groups excluding carboxylic acids is 1. The number of hydrogen-bond acceptors (Lipinski definition) is 4. The number of para-hydroxylation sites is 1. The van der Waals surface area contributed by atoms with Crippen LogP contribution in [0, 0.1) is 0 Å². The number of piperidine rings is 1. The highest BCUT2D eigenvalue weighted by molar-refractivity contribution is 5.90. The van der Waals surface area contributed by atoms with Crippen LogP contribution in [0.2, 0.25) is 0 Å². The van der Waals surface area contributed by atoms with E-state index in [2.05, 4.69) is 28.3 Å². The van der Waals surface area contributed by atoms with E-state index >= 15 is 0 Å². The molecule has 3 rings (SSSR count). The van der Waals surface area contributed by atoms with Gasteiger partial charge >= 0.3 is 6.03 Å². The van der Waals surface area contributed by atoms with Crippen molar-refractivity contribution in [2.45, 2.75) is 38.5 Å². The highest BCUT2D eigenvalue weighted by atomic mass is 16.2. The summed E-state index contributed by atoms with van der Waals surface area (Å²) in [7, 11) is 0. The van der Waals surface area contributed by atoms with Crippen LogP contribution in [0.1, 0.15) is 43.4 Å². The van der Waals surface area contributed by atoms with Crippen molar-refractivity contribution >= 4 is 17.7 Å². The summed E-state index contributed by atoms with van der Waals surface area (Å²) in [5, 5.41) is 3.07. The Balaban J connectivity index is 1.59. The van der Waals surface area contributed by atoms with Crippen molar-refractivity contribution in [3.63, 3.8) is 0 Å². The minimum atomic E-state index is -0.0239. The Hall–Kier alpha value is -2.63. The first-order valence-electron chi connectivity index (χ1n) is 8.89. The van der Waals surface area contributed by atoms with Crippen LogP contribution in [-0.4, -0.2) is 34.0 Å². The fraction of sp³-hybridized carbons (Fsp3) is 0.421. The zero-order valence-electron chi connectivity index (χ0n) is 14.6. The second-order valence-electron chi connectivity index (χ2n) is 6.44. The molecule has 25 heavy (non-hydrogen) atoms. The minimum absolute atomic E-state index is 0.0239. The standard InChI is InChI=1S/C19H25N5O/c1-2-5-14-6-3-4-7-16(14)23-19(25)24-12-9-15(10-13-24)17-8-11-21-18(20)22-17/h3-4,6-8,11,15H,2,5,9-10,12-13H2,1H3,(H,23,25)(H2,20,21,22). The first-order chi connectivity index (χ1) is 12.2. The van der Waals surface area contributed by atoms with Gasteiger partial charge < -0.3 is 16.0 Å². The lowest BCUT2D eigenvalue weighted by Gasteiger charge is -2.32. The van der Waals surface area contributed by atoms with E-state index in [-0.39, 0.29) is 6.03 Å². The number of anilines is 2. The maximum Gasteiger partial charge on any atom is 0.321 e. The molecule has 2 aromatic rings. The van der Waals surface area contributed by atoms with Gasteiger partial charge in [-0.05, 0) is 37.0 Å². The smallest absolute Gasteiger partial charge is 0.321 e. The van der Waals surface area contributed by atoms with Gasteiger partial charge in [0.2, 0.25) is 5.95 Å². The number of rotatable bonds is 4. The summed E-state index contributed by atoms with van der Waals surface area (Å²) >= 11 is 0. The lowest BCUT2D eigenvalue weighted by Crippen LogP contribution is -2.40. The summed E-state index contributed by atoms with van der Waals surface area (Å²) in [5.74, 6) is 0.645. The van der Waals surface area contributed by atoms with Crippen LogP contribution in [0.4, 0.5) is 16.4 Å². The van der Waals surface area contributed by atoms with Gasteiger partial charge in [0, 0.05) is 36.6 Å². The zero-order valence-corrected chi connectivity index (χ0v) is 14.6. The summed E-state index contributed by atoms with van der Waals surface area (Å²) in [6.45, 7) is 3.58. The van der Waals surface area contributed by atoms with Crippen LogP contribution in [0.5, 0.6) is 0 Å². The van der Waals surface area contributed by atoms with Gasteiger partial charge in [0.15, 0.2) is 0 Å². The Labute approximate surface area is 148 Å². The third-order valence-electron chi connectivity index (χ3n) is 4.67. The molecule has 3 N–H and O–H groups in total. The molecule has 0 atom stereocenters. The topological polar surface area (TPSA) is 84.1 Å². The third-order valence-corrected chi connectivity index (χ3v) is 4.67. The fourth-order valence-corrected chi connectivity index (χ4v) is 3.32. The number of carbonyl (C=O) groups is 1. The number of amides is 2. The maximum atomic E-state index is 12.6. The summed E-state index contributed by atoms with van der Waals surface area (Å²) in [6, 6.07) is 9.91. The van der Waals surface area contributed by atoms with Gasteiger partial charge in [-0.25, -0.2) is 14.8 Å². The van der Waals surface area contributed by atoms with Gasteiger partial charge in [0.1, 0.15) is 0 Å². The Morgan fingerprint density at radius 3 is 2.76 bits per heavy atom. The van der Waals surface area contributed by atoms with Gasteiger partial charge in [0.25, 0.3) is 0 Å². The number of nitrogens with one attached hydrogen (secondary N) is 1. The van der Waals surface area contributed by atoms with Crippen LogP contribution in [0.3, 0.4) is 0 Å². The summed E-state index contributed by atoms with van der Waals surface area (Å²) in [4.78, 5) is 22.7. The van der Waals surface area contributed by atoms with Crippen LogP contribution < -0.4 is 11.1 Å². The predicted molar refractivity (Wildman–Crippen MR) is 99.4 cm³/mol. The number of urea groups is 1. The number of likely N-dealkylation sites (tertiary alicyclic amines) is 1. The molecular formula is C19H25N5O. The van der Waals surface area contributed by atoms with Gasteiger partial charge in [-0.3, -0.25) is 0 Å². The minimum Gasteiger partial charge on any atom is -0.368 e. The van der Waals surface area contributed by atoms with Gasteiger partial charge in [0.05, 0.1) is 0 Å². The second-order valence-corrected chi connectivity index (χ2v) is 6.44. The Kier molecular flexibility index (Phi) is 5.48. The van der Waals surface area contributed by atoms with E-state index in [9.17, 15) is 4.79 Å². The van der Waals surface area contributed by atoms with E-state index in [0.717, 1.165) is 50.2 Å². The number of benzene rings is 1. The van der Waals surface area contributed by atoms with E-state index in [1.54, 1.807) is 6.20 Å². The number of aryl methyl sites for hydroxylation is 1. The number of nitrogens with two attached hydrogens (primary N) is 1. The van der Waals surface area contributed by atoms with Crippen molar-refractivity contribution in [3.8, 4) is 0 Å². The molecule has 2 heterocycles. The van der Waals surface area contributed by atoms with Gasteiger partial charge in [-0.2, -0.15) is 0 Å². The number of hydrogen-bond donors (Lipinski definition) is 2. The molecule has 1 saturated heterocycles. The average Bonchev–Trinajstić information content (AvgIpc) is 2.64. The van der Waals surface area contributed by atoms with Crippen molar-refractivity contribution < 1.29 is 4.79 Å². The summed E-state index contributed by atoms with van der Waals surface area (Å²) in [5.41, 5.74) is 8.74. The average molecular weight is 339 g/mol. The van der Waals surface area contributed by atoms with Crippen molar-refractivity contribution in [2.24, 2.45) is 0 Å². The molecular weight excluding hydrogens is 314 g/mol. The maximum absolute atomic E-state index is 12.6. The first kappa shape index (κ1) is 17.2. The molecule has 0 spiro atoms. The van der Waals surface area contributed by atoms with E-state index in [0.29, 0.717) is 11.9 Å². The first-order valence-corrected chi connectivity index (χ1v) is 8.89. The largest absolute Gasteiger partial charge is 0.368 e. The van der Waals surface area contributed by atoms with Crippen molar-refractivity contribution in [3.05, 3.63) is 47.8 Å². The van der Waals surface area contributed by atoms with Crippen LogP contribution in [-0.2, 0) is 6.42 Å². The molecule has 0 radical (unpaired) electrons. The molecule has 1 aliphatic rings. The highest BCUT2D eigenvalue weighted by Gasteiger charge is 2.25. The lowest BCUT2D eigenvalue weighted by atomic mass is 9.93. The molecule has 0 bridgehead atoms. The molecule has 2 amide bonds. The quantitative estimate of drug-likeness (QED) is 0.894. The van der Waals surface area contributed by atoms with Crippen molar-refractivity contribution in [1.29, 1.82) is 0 Å². The molecule has 1 aromatic carbocycles. The van der Waals surface area contributed by atoms with E-state index in [1.807, 2.05) is 29.2 Å². The Morgan fingerprint density at radius 1 is 1.28 bits per heavy atom.